The molecule has 1 aliphatic heterocycles. The average molecular weight is 409 g/mol. The number of hydrogen-bond acceptors (Lipinski definition) is 5. The summed E-state index contributed by atoms with van der Waals surface area (Å²) in [5.41, 5.74) is 0.745. The molecule has 0 atom stereocenters. The quantitative estimate of drug-likeness (QED) is 0.679. The van der Waals surface area contributed by atoms with Crippen molar-refractivity contribution in [2.75, 3.05) is 18.5 Å². The standard InChI is InChI=1S/C19H25NO7.C2H6/c1-8(2)19-26-6-12(7-27-19)16(21)20-15-10(4)13(17(22)23)9(3)14(11(15)5)18(24)25;1-2/h8,12,19H,6-7H2,1-5H3,(H,20,21)(H,22,23)(H,24,25);1-2H3. The SMILES string of the molecule is CC.Cc1c(NC(=O)C2COC(C(C)C)OC2)c(C)c(C(=O)O)c(C)c1C(=O)O. The summed E-state index contributed by atoms with van der Waals surface area (Å²) < 4.78 is 11.1. The van der Waals surface area contributed by atoms with Gasteiger partial charge in [0.1, 0.15) is 0 Å². The molecule has 0 radical (unpaired) electrons. The highest BCUT2D eigenvalue weighted by Gasteiger charge is 2.31. The van der Waals surface area contributed by atoms with Crippen LogP contribution in [0.3, 0.4) is 0 Å². The molecule has 1 aliphatic rings. The first kappa shape index (κ1) is 24.6. The predicted octanol–water partition coefficient (Wildman–Crippen LogP) is 3.62. The summed E-state index contributed by atoms with van der Waals surface area (Å²) in [4.78, 5) is 35.9. The van der Waals surface area contributed by atoms with Crippen LogP contribution >= 0.6 is 0 Å². The number of carbonyl (C=O) groups excluding carboxylic acids is 1. The number of carboxylic acids is 2. The fourth-order valence-corrected chi connectivity index (χ4v) is 3.33. The first-order valence-corrected chi connectivity index (χ1v) is 9.70. The van der Waals surface area contributed by atoms with Crippen LogP contribution in [0.1, 0.15) is 65.1 Å². The molecule has 2 rings (SSSR count). The second kappa shape index (κ2) is 10.4. The third-order valence-electron chi connectivity index (χ3n) is 4.76. The third-order valence-corrected chi connectivity index (χ3v) is 4.76. The summed E-state index contributed by atoms with van der Waals surface area (Å²) >= 11 is 0. The van der Waals surface area contributed by atoms with E-state index in [-0.39, 0.29) is 47.8 Å². The maximum absolute atomic E-state index is 12.6. The average Bonchev–Trinajstić information content (AvgIpc) is 2.66. The van der Waals surface area contributed by atoms with E-state index in [4.69, 9.17) is 9.47 Å². The van der Waals surface area contributed by atoms with E-state index in [9.17, 15) is 24.6 Å². The van der Waals surface area contributed by atoms with Crippen LogP contribution in [0.15, 0.2) is 0 Å². The van der Waals surface area contributed by atoms with Crippen LogP contribution in [0.2, 0.25) is 0 Å². The lowest BCUT2D eigenvalue weighted by atomic mass is 9.91. The van der Waals surface area contributed by atoms with Crippen molar-refractivity contribution < 1.29 is 34.1 Å². The second-order valence-electron chi connectivity index (χ2n) is 7.08. The Morgan fingerprint density at radius 1 is 0.897 bits per heavy atom. The summed E-state index contributed by atoms with van der Waals surface area (Å²) in [6, 6.07) is 0. The highest BCUT2D eigenvalue weighted by molar-refractivity contribution is 6.04. The summed E-state index contributed by atoms with van der Waals surface area (Å²) in [5.74, 6) is -3.30. The van der Waals surface area contributed by atoms with E-state index in [1.54, 1.807) is 13.8 Å². The van der Waals surface area contributed by atoms with Gasteiger partial charge < -0.3 is 25.0 Å². The molecule has 1 amide bonds. The molecule has 0 aromatic heterocycles. The first-order valence-electron chi connectivity index (χ1n) is 9.70. The van der Waals surface area contributed by atoms with Crippen LogP contribution in [0.25, 0.3) is 0 Å². The van der Waals surface area contributed by atoms with Gasteiger partial charge in [0.15, 0.2) is 6.29 Å². The number of benzene rings is 1. The van der Waals surface area contributed by atoms with Gasteiger partial charge in [0, 0.05) is 11.6 Å². The Bertz CT molecular complexity index is 737. The van der Waals surface area contributed by atoms with Crippen molar-refractivity contribution in [3.63, 3.8) is 0 Å². The Kier molecular flexibility index (Phi) is 8.79. The Morgan fingerprint density at radius 2 is 1.31 bits per heavy atom. The minimum Gasteiger partial charge on any atom is -0.478 e. The monoisotopic (exact) mass is 409 g/mol. The molecule has 0 saturated carbocycles. The maximum Gasteiger partial charge on any atom is 0.336 e. The molecule has 1 saturated heterocycles. The van der Waals surface area contributed by atoms with Crippen molar-refractivity contribution in [1.29, 1.82) is 0 Å². The van der Waals surface area contributed by atoms with Gasteiger partial charge in [0.25, 0.3) is 0 Å². The van der Waals surface area contributed by atoms with E-state index in [1.807, 2.05) is 27.7 Å². The van der Waals surface area contributed by atoms with Gasteiger partial charge in [-0.3, -0.25) is 4.79 Å². The number of hydrogen-bond donors (Lipinski definition) is 3. The van der Waals surface area contributed by atoms with Crippen LogP contribution in [-0.2, 0) is 14.3 Å². The molecule has 0 spiro atoms. The number of anilines is 1. The minimum atomic E-state index is -1.24. The highest BCUT2D eigenvalue weighted by atomic mass is 16.7. The maximum atomic E-state index is 12.6. The molecule has 0 unspecified atom stereocenters. The fraction of sp³-hybridized carbons (Fsp3) is 0.571. The molecule has 3 N–H and O–H groups in total. The number of carbonyl (C=O) groups is 3. The molecule has 8 heteroatoms. The highest BCUT2D eigenvalue weighted by Crippen LogP contribution is 2.32. The van der Waals surface area contributed by atoms with Gasteiger partial charge in [-0.2, -0.15) is 0 Å². The van der Waals surface area contributed by atoms with Gasteiger partial charge in [-0.05, 0) is 37.5 Å². The van der Waals surface area contributed by atoms with Gasteiger partial charge in [-0.1, -0.05) is 27.7 Å². The summed E-state index contributed by atoms with van der Waals surface area (Å²) in [6.45, 7) is 12.8. The predicted molar refractivity (Wildman–Crippen MR) is 109 cm³/mol. The van der Waals surface area contributed by atoms with Gasteiger partial charge >= 0.3 is 11.9 Å². The lowest BCUT2D eigenvalue weighted by Gasteiger charge is -2.31. The van der Waals surface area contributed by atoms with Crippen molar-refractivity contribution in [2.24, 2.45) is 11.8 Å². The molecule has 0 bridgehead atoms. The number of amides is 1. The van der Waals surface area contributed by atoms with Crippen LogP contribution in [-0.4, -0.2) is 47.6 Å². The van der Waals surface area contributed by atoms with Crippen molar-refractivity contribution in [2.45, 2.75) is 54.8 Å². The summed E-state index contributed by atoms with van der Waals surface area (Å²) in [6.07, 6.45) is -0.367. The van der Waals surface area contributed by atoms with E-state index in [1.165, 1.54) is 6.92 Å². The van der Waals surface area contributed by atoms with E-state index < -0.39 is 23.8 Å². The summed E-state index contributed by atoms with van der Waals surface area (Å²) in [7, 11) is 0. The molecular weight excluding hydrogens is 378 g/mol. The lowest BCUT2D eigenvalue weighted by molar-refractivity contribution is -0.217. The topological polar surface area (TPSA) is 122 Å². The Hall–Kier alpha value is -2.45. The normalized spacial score (nSPS) is 18.6. The second-order valence-corrected chi connectivity index (χ2v) is 7.08. The van der Waals surface area contributed by atoms with Gasteiger partial charge in [-0.15, -0.1) is 0 Å². The largest absolute Gasteiger partial charge is 0.478 e. The van der Waals surface area contributed by atoms with Crippen LogP contribution < -0.4 is 5.32 Å². The van der Waals surface area contributed by atoms with Gasteiger partial charge in [-0.25, -0.2) is 9.59 Å². The van der Waals surface area contributed by atoms with Crippen LogP contribution in [0.4, 0.5) is 5.69 Å². The smallest absolute Gasteiger partial charge is 0.336 e. The van der Waals surface area contributed by atoms with Crippen molar-refractivity contribution in [1.82, 2.24) is 0 Å². The lowest BCUT2D eigenvalue weighted by Crippen LogP contribution is -2.41. The zero-order chi connectivity index (χ0) is 22.5. The molecule has 1 fully saturated rings. The molecule has 0 aliphatic carbocycles. The van der Waals surface area contributed by atoms with E-state index in [2.05, 4.69) is 5.32 Å². The molecule has 8 nitrogen and oxygen atoms in total. The van der Waals surface area contributed by atoms with Crippen LogP contribution in [0, 0.1) is 32.6 Å². The number of rotatable bonds is 5. The molecule has 1 aromatic rings. The van der Waals surface area contributed by atoms with Crippen molar-refractivity contribution in [3.05, 3.63) is 27.8 Å². The Balaban J connectivity index is 0.00000204. The first-order chi connectivity index (χ1) is 13.6. The fourth-order valence-electron chi connectivity index (χ4n) is 3.33. The van der Waals surface area contributed by atoms with E-state index >= 15 is 0 Å². The minimum absolute atomic E-state index is 0.121. The molecule has 29 heavy (non-hydrogen) atoms. The zero-order valence-electron chi connectivity index (χ0n) is 18.1. The number of ether oxygens (including phenoxy) is 2. The summed E-state index contributed by atoms with van der Waals surface area (Å²) in [5, 5.41) is 21.7. The number of carboxylic acid groups (broad SMARTS) is 2. The van der Waals surface area contributed by atoms with Gasteiger partial charge in [0.2, 0.25) is 5.91 Å². The Morgan fingerprint density at radius 3 is 1.66 bits per heavy atom. The van der Waals surface area contributed by atoms with Gasteiger partial charge in [0.05, 0.1) is 30.3 Å². The molecule has 1 aromatic carbocycles. The number of nitrogens with one attached hydrogen (secondary N) is 1. The van der Waals surface area contributed by atoms with Crippen LogP contribution in [0.5, 0.6) is 0 Å². The Labute approximate surface area is 171 Å². The molecule has 162 valence electrons. The van der Waals surface area contributed by atoms with E-state index in [0.717, 1.165) is 0 Å². The zero-order valence-corrected chi connectivity index (χ0v) is 18.1. The third kappa shape index (κ3) is 5.33. The van der Waals surface area contributed by atoms with Crippen molar-refractivity contribution >= 4 is 23.5 Å². The molecular formula is C21H31NO7. The molecule has 1 heterocycles. The van der Waals surface area contributed by atoms with E-state index in [0.29, 0.717) is 11.1 Å². The van der Waals surface area contributed by atoms with Crippen molar-refractivity contribution in [3.8, 4) is 0 Å². The number of aromatic carboxylic acids is 2.